The Morgan fingerprint density at radius 1 is 1.20 bits per heavy atom. The average Bonchev–Trinajstić information content (AvgIpc) is 3.36. The highest BCUT2D eigenvalue weighted by Gasteiger charge is 2.64. The number of allylic oxidation sites excluding steroid dienone is 1. The molecule has 2 aromatic heterocycles. The molecule has 1 fully saturated rings. The molecule has 2 N–H and O–H groups in total. The van der Waals surface area contributed by atoms with Crippen LogP contribution >= 0.6 is 21.6 Å². The van der Waals surface area contributed by atoms with Crippen LogP contribution in [0.4, 0.5) is 5.82 Å². The molecule has 11 heteroatoms. The van der Waals surface area contributed by atoms with Crippen molar-refractivity contribution in [1.82, 2.24) is 9.88 Å². The first kappa shape index (κ1) is 30.0. The molecule has 7 rings (SSSR count). The second-order valence-corrected chi connectivity index (χ2v) is 15.0. The van der Waals surface area contributed by atoms with Gasteiger partial charge in [0, 0.05) is 66.2 Å². The Hall–Kier alpha value is -3.70. The number of rotatable bonds is 2. The fourth-order valence-electron chi connectivity index (χ4n) is 7.07. The molecule has 1 amide bonds. The summed E-state index contributed by atoms with van der Waals surface area (Å²) in [4.78, 5) is 45.6. The molecular formula is C34H35N3O6S2. The van der Waals surface area contributed by atoms with Gasteiger partial charge in [-0.15, -0.1) is 0 Å². The number of pyridine rings is 1. The summed E-state index contributed by atoms with van der Waals surface area (Å²) >= 11 is 0. The van der Waals surface area contributed by atoms with Gasteiger partial charge in [-0.1, -0.05) is 39.3 Å². The van der Waals surface area contributed by atoms with Crippen molar-refractivity contribution >= 4 is 50.3 Å². The van der Waals surface area contributed by atoms with E-state index in [-0.39, 0.29) is 18.4 Å². The minimum atomic E-state index is -1.12. The van der Waals surface area contributed by atoms with Crippen LogP contribution in [0.5, 0.6) is 5.75 Å². The molecule has 3 aromatic rings. The van der Waals surface area contributed by atoms with Gasteiger partial charge in [0.25, 0.3) is 0 Å². The van der Waals surface area contributed by atoms with Crippen LogP contribution in [0.1, 0.15) is 56.2 Å². The molecule has 1 aliphatic carbocycles. The Balaban J connectivity index is 1.43. The third-order valence-corrected chi connectivity index (χ3v) is 12.2. The smallest absolute Gasteiger partial charge is 0.336 e. The van der Waals surface area contributed by atoms with Gasteiger partial charge >= 0.3 is 11.6 Å². The Kier molecular flexibility index (Phi) is 7.51. The number of nitrogens with zero attached hydrogens (tertiary/aromatic N) is 2. The summed E-state index contributed by atoms with van der Waals surface area (Å²) in [6, 6.07) is 8.98. The Morgan fingerprint density at radius 2 is 2.04 bits per heavy atom. The summed E-state index contributed by atoms with van der Waals surface area (Å²) in [6.45, 7) is 6.24. The van der Waals surface area contributed by atoms with Crippen molar-refractivity contribution in [3.63, 3.8) is 0 Å². The Morgan fingerprint density at radius 3 is 2.82 bits per heavy atom. The van der Waals surface area contributed by atoms with E-state index in [1.807, 2.05) is 30.9 Å². The number of aromatic nitrogens is 1. The topological polar surface area (TPSA) is 125 Å². The summed E-state index contributed by atoms with van der Waals surface area (Å²) in [6.07, 6.45) is 7.67. The van der Waals surface area contributed by atoms with Crippen LogP contribution in [-0.2, 0) is 27.2 Å². The molecule has 5 heterocycles. The largest absolute Gasteiger partial charge is 0.481 e. The van der Waals surface area contributed by atoms with Crippen molar-refractivity contribution in [3.05, 3.63) is 86.9 Å². The monoisotopic (exact) mass is 645 g/mol. The standard InChI is InChI=1S/C34H35N3O6S2/c1-4-19(2)32(40)43-33(3)9-7-21-17-44-45-18-24-8-10-37(24)29(38)12-23-16-36-28(35)13-25(23)31(21)34(33)15-22-11-20-5-6-30(39)41-26(20)14-27(22)42-34/h4-7,11,13-14,16,24,31H,8-10,12,15,17-18H2,1-3H3,(H2,35,36)/b19-4+/t24-,31-,33-,34-/m1/s1. The number of anilines is 1. The molecule has 0 unspecified atom stereocenters. The van der Waals surface area contributed by atoms with Gasteiger partial charge in [-0.05, 0) is 62.1 Å². The van der Waals surface area contributed by atoms with Gasteiger partial charge in [-0.2, -0.15) is 0 Å². The van der Waals surface area contributed by atoms with Crippen molar-refractivity contribution in [2.24, 2.45) is 0 Å². The Bertz CT molecular complexity index is 1850. The van der Waals surface area contributed by atoms with Gasteiger partial charge in [0.05, 0.1) is 12.3 Å². The van der Waals surface area contributed by atoms with Crippen LogP contribution < -0.4 is 16.1 Å². The van der Waals surface area contributed by atoms with Gasteiger partial charge in [-0.3, -0.25) is 4.79 Å². The second kappa shape index (κ2) is 11.3. The molecule has 0 bridgehead atoms. The van der Waals surface area contributed by atoms with Crippen LogP contribution in [0, 0.1) is 0 Å². The zero-order valence-electron chi connectivity index (χ0n) is 25.5. The number of nitrogens with two attached hydrogens (primary N) is 1. The molecule has 9 nitrogen and oxygen atoms in total. The van der Waals surface area contributed by atoms with Gasteiger partial charge in [0.2, 0.25) is 5.91 Å². The highest BCUT2D eigenvalue weighted by Crippen LogP contribution is 2.58. The maximum Gasteiger partial charge on any atom is 0.336 e. The lowest BCUT2D eigenvalue weighted by atomic mass is 9.61. The van der Waals surface area contributed by atoms with E-state index in [2.05, 4.69) is 11.1 Å². The van der Waals surface area contributed by atoms with Crippen molar-refractivity contribution in [1.29, 1.82) is 0 Å². The molecule has 3 aliphatic heterocycles. The second-order valence-electron chi connectivity index (χ2n) is 12.5. The summed E-state index contributed by atoms with van der Waals surface area (Å²) in [5.41, 5.74) is 8.27. The molecular weight excluding hydrogens is 611 g/mol. The highest BCUT2D eigenvalue weighted by molar-refractivity contribution is 8.76. The molecule has 4 aliphatic rings. The van der Waals surface area contributed by atoms with Gasteiger partial charge in [-0.25, -0.2) is 14.6 Å². The van der Waals surface area contributed by atoms with Crippen LogP contribution in [0.15, 0.2) is 69.0 Å². The molecule has 0 radical (unpaired) electrons. The Labute approximate surface area is 269 Å². The van der Waals surface area contributed by atoms with Crippen LogP contribution in [0.2, 0.25) is 0 Å². The third kappa shape index (κ3) is 5.04. The number of carbonyl (C=O) groups is 2. The molecule has 4 atom stereocenters. The summed E-state index contributed by atoms with van der Waals surface area (Å²) in [5, 5.41) is 0.776. The zero-order chi connectivity index (χ0) is 31.5. The lowest BCUT2D eigenvalue weighted by molar-refractivity contribution is -0.183. The molecule has 0 saturated carbocycles. The molecule has 1 aromatic carbocycles. The van der Waals surface area contributed by atoms with E-state index in [4.69, 9.17) is 19.6 Å². The molecule has 45 heavy (non-hydrogen) atoms. The van der Waals surface area contributed by atoms with E-state index >= 15 is 0 Å². The number of esters is 1. The quantitative estimate of drug-likeness (QED) is 0.128. The number of fused-ring (bicyclic) bond motifs is 7. The van der Waals surface area contributed by atoms with Gasteiger partial charge < -0.3 is 24.5 Å². The van der Waals surface area contributed by atoms with Crippen LogP contribution in [0.3, 0.4) is 0 Å². The first-order chi connectivity index (χ1) is 21.6. The number of amides is 1. The van der Waals surface area contributed by atoms with Crippen LogP contribution in [-0.4, -0.2) is 57.1 Å². The van der Waals surface area contributed by atoms with Crippen molar-refractivity contribution in [2.45, 2.75) is 69.6 Å². The van der Waals surface area contributed by atoms with E-state index in [0.717, 1.165) is 46.4 Å². The predicted octanol–water partition coefficient (Wildman–Crippen LogP) is 5.36. The average molecular weight is 646 g/mol. The first-order valence-electron chi connectivity index (χ1n) is 15.2. The summed E-state index contributed by atoms with van der Waals surface area (Å²) < 4.78 is 19.1. The normalized spacial score (nSPS) is 28.0. The number of carbonyl (C=O) groups excluding carboxylic acids is 2. The molecule has 234 valence electrons. The number of nitrogen functional groups attached to an aromatic ring is 1. The van der Waals surface area contributed by atoms with Crippen molar-refractivity contribution in [2.75, 3.05) is 23.8 Å². The predicted molar refractivity (Wildman–Crippen MR) is 176 cm³/mol. The maximum atomic E-state index is 13.6. The number of hydrogen-bond donors (Lipinski definition) is 1. The highest BCUT2D eigenvalue weighted by atomic mass is 33.1. The lowest BCUT2D eigenvalue weighted by Crippen LogP contribution is -2.63. The van der Waals surface area contributed by atoms with E-state index in [9.17, 15) is 14.4 Å². The summed E-state index contributed by atoms with van der Waals surface area (Å²) in [7, 11) is 3.55. The fourth-order valence-corrected chi connectivity index (χ4v) is 9.59. The minimum absolute atomic E-state index is 0.0652. The first-order valence-corrected chi connectivity index (χ1v) is 17.7. The fraction of sp³-hybridized carbons (Fsp3) is 0.412. The summed E-state index contributed by atoms with van der Waals surface area (Å²) in [5.74, 6) is 1.71. The number of hydrogen-bond acceptors (Lipinski definition) is 10. The van der Waals surface area contributed by atoms with E-state index in [0.29, 0.717) is 41.3 Å². The van der Waals surface area contributed by atoms with Crippen LogP contribution in [0.25, 0.3) is 11.0 Å². The van der Waals surface area contributed by atoms with E-state index in [1.165, 1.54) is 6.07 Å². The molecule has 1 saturated heterocycles. The van der Waals surface area contributed by atoms with E-state index < -0.39 is 28.7 Å². The SMILES string of the molecule is C/C=C(\C)C(=O)O[C@]1(C)CC=C2CSSC[C@H]3CCN3C(=O)Cc3cnc(N)cc3[C@@H]2[C@]12Cc1cc3ccc(=O)oc3cc1O2. The lowest BCUT2D eigenvalue weighted by Gasteiger charge is -2.52. The minimum Gasteiger partial charge on any atom is -0.481 e. The van der Waals surface area contributed by atoms with Gasteiger partial charge in [0.15, 0.2) is 11.2 Å². The maximum absolute atomic E-state index is 13.6. The number of ether oxygens (including phenoxy) is 2. The van der Waals surface area contributed by atoms with Gasteiger partial charge in [0.1, 0.15) is 17.2 Å². The van der Waals surface area contributed by atoms with Crippen molar-refractivity contribution < 1.29 is 23.5 Å². The van der Waals surface area contributed by atoms with E-state index in [1.54, 1.807) is 52.9 Å². The third-order valence-electron chi connectivity index (χ3n) is 9.84. The zero-order valence-corrected chi connectivity index (χ0v) is 27.1. The van der Waals surface area contributed by atoms with Crippen molar-refractivity contribution in [3.8, 4) is 5.75 Å². The molecule has 1 spiro atoms. The number of benzene rings is 1.